The number of rotatable bonds is 74. The first kappa shape index (κ1) is 93.6. The van der Waals surface area contributed by atoms with Gasteiger partial charge in [0.25, 0.3) is 0 Å². The number of ether oxygens (including phenoxy) is 4. The molecule has 2 heterocycles. The van der Waals surface area contributed by atoms with Crippen LogP contribution in [0.5, 0.6) is 0 Å². The van der Waals surface area contributed by atoms with Crippen molar-refractivity contribution in [2.24, 2.45) is 0 Å². The monoisotopic (exact) mass is 1410 g/mol. The standard InChI is InChI=1S/C85H163NO13/c1-3-5-7-9-11-13-15-17-19-21-23-25-27-29-31-33-35-36-37-38-39-41-43-45-47-49-51-53-55-57-59-61-63-65-67-69-77(90)86-73(72-96-84-82(95)80(93)83(76(71-88)98-84)99-85-81(94)79(92)78(91)75(70-87)97-85)74(89)68-66-64-62-60-58-56-54-52-50-48-46-44-42-40-34-32-30-28-26-24-22-20-18-16-14-12-10-8-6-4-2/h21,23,66,68,73-76,78-85,87-89,91-95H,3-20,22,24-65,67,69-72H2,1-2H3,(H,86,90)/b23-21-,68-66+. The van der Waals surface area contributed by atoms with Gasteiger partial charge in [-0.25, -0.2) is 0 Å². The smallest absolute Gasteiger partial charge is 0.220 e. The minimum Gasteiger partial charge on any atom is -0.394 e. The summed E-state index contributed by atoms with van der Waals surface area (Å²) in [6.07, 6.45) is 74.3. The van der Waals surface area contributed by atoms with Crippen molar-refractivity contribution in [3.63, 3.8) is 0 Å². The van der Waals surface area contributed by atoms with Gasteiger partial charge in [-0.1, -0.05) is 391 Å². The molecule has 14 heteroatoms. The van der Waals surface area contributed by atoms with Crippen molar-refractivity contribution in [1.82, 2.24) is 5.32 Å². The lowest BCUT2D eigenvalue weighted by Crippen LogP contribution is -2.65. The van der Waals surface area contributed by atoms with Gasteiger partial charge in [0, 0.05) is 6.42 Å². The zero-order valence-electron chi connectivity index (χ0n) is 64.5. The molecule has 12 atom stereocenters. The molecule has 99 heavy (non-hydrogen) atoms. The Bertz CT molecular complexity index is 1760. The zero-order valence-corrected chi connectivity index (χ0v) is 64.5. The number of hydrogen-bond donors (Lipinski definition) is 9. The van der Waals surface area contributed by atoms with Crippen LogP contribution in [0, 0.1) is 0 Å². The molecule has 14 nitrogen and oxygen atoms in total. The molecular formula is C85H163NO13. The van der Waals surface area contributed by atoms with E-state index in [-0.39, 0.29) is 18.9 Å². The molecule has 0 aromatic heterocycles. The number of aliphatic hydroxyl groups excluding tert-OH is 8. The van der Waals surface area contributed by atoms with Crippen LogP contribution in [-0.4, -0.2) is 140 Å². The molecule has 9 N–H and O–H groups in total. The minimum absolute atomic E-state index is 0.229. The fourth-order valence-electron chi connectivity index (χ4n) is 14.6. The Labute approximate surface area is 609 Å². The van der Waals surface area contributed by atoms with E-state index in [1.807, 2.05) is 6.08 Å². The first-order valence-corrected chi connectivity index (χ1v) is 43.1. The Morgan fingerprint density at radius 2 is 0.636 bits per heavy atom. The van der Waals surface area contributed by atoms with Gasteiger partial charge >= 0.3 is 0 Å². The van der Waals surface area contributed by atoms with E-state index in [0.717, 1.165) is 38.5 Å². The third kappa shape index (κ3) is 52.2. The second kappa shape index (κ2) is 69.5. The zero-order chi connectivity index (χ0) is 71.5. The van der Waals surface area contributed by atoms with Crippen molar-refractivity contribution < 1.29 is 64.6 Å². The van der Waals surface area contributed by atoms with Crippen LogP contribution in [-0.2, 0) is 23.7 Å². The summed E-state index contributed by atoms with van der Waals surface area (Å²) in [6.45, 7) is 2.88. The lowest BCUT2D eigenvalue weighted by Gasteiger charge is -2.46. The SMILES string of the molecule is CCCCCCCCCC/C=C\CCCCCCCCCCCCCCCCCCCCCCCCCC(=O)NC(COC1OC(CO)C(OC2OC(CO)C(O)C(O)C2O)C(O)C1O)C(O)/C=C/CCCCCCCCCCCCCCCCCCCCCCCCCCCCCC. The molecule has 12 unspecified atom stereocenters. The summed E-state index contributed by atoms with van der Waals surface area (Å²) < 4.78 is 23.0. The highest BCUT2D eigenvalue weighted by atomic mass is 16.7. The Morgan fingerprint density at radius 1 is 0.354 bits per heavy atom. The Morgan fingerprint density at radius 3 is 0.960 bits per heavy atom. The highest BCUT2D eigenvalue weighted by Crippen LogP contribution is 2.31. The largest absolute Gasteiger partial charge is 0.394 e. The Balaban J connectivity index is 1.58. The highest BCUT2D eigenvalue weighted by molar-refractivity contribution is 5.76. The fourth-order valence-corrected chi connectivity index (χ4v) is 14.6. The molecule has 0 bridgehead atoms. The van der Waals surface area contributed by atoms with Crippen LogP contribution in [0.2, 0.25) is 0 Å². The van der Waals surface area contributed by atoms with Gasteiger partial charge in [0.2, 0.25) is 5.91 Å². The number of carbonyl (C=O) groups is 1. The predicted molar refractivity (Wildman–Crippen MR) is 411 cm³/mol. The van der Waals surface area contributed by atoms with Gasteiger partial charge in [-0.05, 0) is 44.9 Å². The maximum absolute atomic E-state index is 13.4. The number of aliphatic hydroxyl groups is 8. The molecule has 0 saturated carbocycles. The van der Waals surface area contributed by atoms with E-state index in [9.17, 15) is 45.6 Å². The molecule has 0 aliphatic carbocycles. The number of nitrogens with one attached hydrogen (secondary N) is 1. The van der Waals surface area contributed by atoms with Gasteiger partial charge in [0.05, 0.1) is 32.0 Å². The van der Waals surface area contributed by atoms with E-state index in [4.69, 9.17) is 18.9 Å². The highest BCUT2D eigenvalue weighted by Gasteiger charge is 2.51. The van der Waals surface area contributed by atoms with Crippen molar-refractivity contribution in [2.75, 3.05) is 19.8 Å². The van der Waals surface area contributed by atoms with Crippen LogP contribution in [0.15, 0.2) is 24.3 Å². The molecule has 586 valence electrons. The minimum atomic E-state index is -1.79. The van der Waals surface area contributed by atoms with Crippen LogP contribution < -0.4 is 5.32 Å². The van der Waals surface area contributed by atoms with Gasteiger partial charge in [0.15, 0.2) is 12.6 Å². The van der Waals surface area contributed by atoms with E-state index in [1.165, 1.54) is 353 Å². The number of hydrogen-bond acceptors (Lipinski definition) is 13. The normalized spacial score (nSPS) is 22.0. The number of carbonyl (C=O) groups excluding carboxylic acids is 1. The van der Waals surface area contributed by atoms with Gasteiger partial charge in [-0.3, -0.25) is 4.79 Å². The average molecular weight is 1410 g/mol. The summed E-state index contributed by atoms with van der Waals surface area (Å²) in [4.78, 5) is 13.4. The quantitative estimate of drug-likeness (QED) is 0.0204. The van der Waals surface area contributed by atoms with E-state index in [1.54, 1.807) is 6.08 Å². The molecule has 2 fully saturated rings. The maximum Gasteiger partial charge on any atom is 0.220 e. The molecule has 0 radical (unpaired) electrons. The van der Waals surface area contributed by atoms with E-state index < -0.39 is 86.8 Å². The van der Waals surface area contributed by atoms with Crippen molar-refractivity contribution in [2.45, 2.75) is 492 Å². The fraction of sp³-hybridized carbons (Fsp3) is 0.941. The number of amides is 1. The summed E-state index contributed by atoms with van der Waals surface area (Å²) >= 11 is 0. The van der Waals surface area contributed by atoms with Crippen LogP contribution in [0.3, 0.4) is 0 Å². The van der Waals surface area contributed by atoms with Crippen molar-refractivity contribution in [3.8, 4) is 0 Å². The third-order valence-electron chi connectivity index (χ3n) is 21.4. The summed E-state index contributed by atoms with van der Waals surface area (Å²) in [7, 11) is 0. The lowest BCUT2D eigenvalue weighted by molar-refractivity contribution is -0.359. The van der Waals surface area contributed by atoms with E-state index in [2.05, 4.69) is 31.3 Å². The van der Waals surface area contributed by atoms with Crippen LogP contribution in [0.25, 0.3) is 0 Å². The number of allylic oxidation sites excluding steroid dienone is 3. The van der Waals surface area contributed by atoms with Gasteiger partial charge in [0.1, 0.15) is 48.8 Å². The molecule has 2 aliphatic heterocycles. The van der Waals surface area contributed by atoms with Crippen molar-refractivity contribution in [1.29, 1.82) is 0 Å². The molecule has 2 aliphatic rings. The van der Waals surface area contributed by atoms with Crippen molar-refractivity contribution >= 4 is 5.91 Å². The van der Waals surface area contributed by atoms with Gasteiger partial charge < -0.3 is 65.1 Å². The molecule has 0 aromatic rings. The number of unbranched alkanes of at least 4 members (excludes halogenated alkanes) is 59. The predicted octanol–water partition coefficient (Wildman–Crippen LogP) is 20.2. The molecule has 0 aromatic carbocycles. The Kier molecular flexibility index (Phi) is 65.7. The van der Waals surface area contributed by atoms with Crippen LogP contribution in [0.1, 0.15) is 418 Å². The summed E-state index contributed by atoms with van der Waals surface area (Å²) in [5.41, 5.74) is 0. The van der Waals surface area contributed by atoms with Gasteiger partial charge in [-0.2, -0.15) is 0 Å². The first-order valence-electron chi connectivity index (χ1n) is 43.1. The first-order chi connectivity index (χ1) is 48.6. The summed E-state index contributed by atoms with van der Waals surface area (Å²) in [6, 6.07) is -0.914. The van der Waals surface area contributed by atoms with E-state index in [0.29, 0.717) is 6.42 Å². The molecule has 2 rings (SSSR count). The van der Waals surface area contributed by atoms with Crippen LogP contribution >= 0.6 is 0 Å². The summed E-state index contributed by atoms with van der Waals surface area (Å²) in [5, 5.41) is 87.8. The maximum atomic E-state index is 13.4. The lowest BCUT2D eigenvalue weighted by atomic mass is 9.97. The van der Waals surface area contributed by atoms with Gasteiger partial charge in [-0.15, -0.1) is 0 Å². The molecule has 0 spiro atoms. The average Bonchev–Trinajstić information content (AvgIpc) is 0.799. The second-order valence-corrected chi connectivity index (χ2v) is 30.7. The summed E-state index contributed by atoms with van der Waals surface area (Å²) in [5.74, 6) is -0.229. The third-order valence-corrected chi connectivity index (χ3v) is 21.4. The van der Waals surface area contributed by atoms with Crippen LogP contribution in [0.4, 0.5) is 0 Å². The topological polar surface area (TPSA) is 228 Å². The molecule has 2 saturated heterocycles. The van der Waals surface area contributed by atoms with E-state index >= 15 is 0 Å². The molecule has 1 amide bonds. The second-order valence-electron chi connectivity index (χ2n) is 30.7. The molecular weight excluding hydrogens is 1240 g/mol. The van der Waals surface area contributed by atoms with Crippen molar-refractivity contribution in [3.05, 3.63) is 24.3 Å². The Hall–Kier alpha value is -1.53.